The van der Waals surface area contributed by atoms with Gasteiger partial charge in [0.1, 0.15) is 5.82 Å². The molecule has 0 saturated heterocycles. The van der Waals surface area contributed by atoms with Crippen LogP contribution in [0.15, 0.2) is 164 Å². The molecule has 9 aromatic rings. The first-order valence-corrected chi connectivity index (χ1v) is 15.9. The molecule has 0 bridgehead atoms. The van der Waals surface area contributed by atoms with Crippen molar-refractivity contribution in [1.29, 1.82) is 0 Å². The molecule has 3 aromatic heterocycles. The van der Waals surface area contributed by atoms with Gasteiger partial charge in [-0.2, -0.15) is 0 Å². The molecule has 6 aromatic carbocycles. The second kappa shape index (κ2) is 11.0. The summed E-state index contributed by atoms with van der Waals surface area (Å²) in [6.07, 6.45) is 1.88. The monoisotopic (exact) mass is 602 g/mol. The Morgan fingerprint density at radius 3 is 2.00 bits per heavy atom. The minimum Gasteiger partial charge on any atom is -0.327 e. The van der Waals surface area contributed by atoms with E-state index in [0.29, 0.717) is 0 Å². The van der Waals surface area contributed by atoms with Crippen LogP contribution < -0.4 is 0 Å². The minimum atomic E-state index is 0.954. The molecular formula is C43H30N4. The van der Waals surface area contributed by atoms with Gasteiger partial charge in [0.25, 0.3) is 0 Å². The van der Waals surface area contributed by atoms with Gasteiger partial charge in [-0.05, 0) is 59.2 Å². The van der Waals surface area contributed by atoms with Crippen LogP contribution in [-0.4, -0.2) is 19.1 Å². The quantitative estimate of drug-likeness (QED) is 0.196. The molecule has 4 heteroatoms. The number of hydrogen-bond donors (Lipinski definition) is 0. The minimum absolute atomic E-state index is 0.954. The molecule has 0 unspecified atom stereocenters. The van der Waals surface area contributed by atoms with Gasteiger partial charge in [0.15, 0.2) is 0 Å². The van der Waals surface area contributed by atoms with Gasteiger partial charge >= 0.3 is 0 Å². The smallest absolute Gasteiger partial charge is 0.140 e. The molecular weight excluding hydrogens is 573 g/mol. The molecule has 47 heavy (non-hydrogen) atoms. The molecule has 0 radical (unpaired) electrons. The van der Waals surface area contributed by atoms with E-state index in [1.807, 2.05) is 24.4 Å². The van der Waals surface area contributed by atoms with Crippen molar-refractivity contribution in [2.45, 2.75) is 0 Å². The lowest BCUT2D eigenvalue weighted by Crippen LogP contribution is -1.97. The van der Waals surface area contributed by atoms with E-state index in [4.69, 9.17) is 9.97 Å². The Labute approximate surface area is 272 Å². The van der Waals surface area contributed by atoms with E-state index in [1.54, 1.807) is 0 Å². The average molecular weight is 603 g/mol. The van der Waals surface area contributed by atoms with Crippen molar-refractivity contribution in [3.05, 3.63) is 164 Å². The number of nitrogens with zero attached hydrogens (tertiary/aromatic N) is 4. The fourth-order valence-corrected chi connectivity index (χ4v) is 6.92. The summed E-state index contributed by atoms with van der Waals surface area (Å²) in [5, 5.41) is 2.44. The molecule has 0 atom stereocenters. The van der Waals surface area contributed by atoms with Crippen LogP contribution in [0.3, 0.4) is 0 Å². The third kappa shape index (κ3) is 4.53. The Morgan fingerprint density at radius 2 is 1.15 bits per heavy atom. The van der Waals surface area contributed by atoms with Gasteiger partial charge in [-0.15, -0.1) is 0 Å². The van der Waals surface area contributed by atoms with Gasteiger partial charge < -0.3 is 9.13 Å². The largest absolute Gasteiger partial charge is 0.327 e. The van der Waals surface area contributed by atoms with Crippen LogP contribution in [0.2, 0.25) is 0 Å². The van der Waals surface area contributed by atoms with Gasteiger partial charge in [-0.3, -0.25) is 4.98 Å². The van der Waals surface area contributed by atoms with E-state index in [9.17, 15) is 0 Å². The summed E-state index contributed by atoms with van der Waals surface area (Å²) in [4.78, 5) is 9.92. The molecule has 0 aliphatic rings. The van der Waals surface area contributed by atoms with Crippen LogP contribution in [-0.2, 0) is 7.05 Å². The number of pyridine rings is 1. The van der Waals surface area contributed by atoms with Crippen LogP contribution in [0.1, 0.15) is 0 Å². The topological polar surface area (TPSA) is 35.6 Å². The maximum atomic E-state index is 5.01. The summed E-state index contributed by atoms with van der Waals surface area (Å²) in [5.41, 5.74) is 13.3. The zero-order valence-corrected chi connectivity index (χ0v) is 25.9. The van der Waals surface area contributed by atoms with Gasteiger partial charge in [0.2, 0.25) is 0 Å². The Kier molecular flexibility index (Phi) is 6.32. The Balaban J connectivity index is 1.18. The summed E-state index contributed by atoms with van der Waals surface area (Å²) >= 11 is 0. The highest BCUT2D eigenvalue weighted by atomic mass is 15.1. The Bertz CT molecular complexity index is 2570. The summed E-state index contributed by atoms with van der Waals surface area (Å²) in [7, 11) is 2.09. The second-order valence-corrected chi connectivity index (χ2v) is 12.0. The maximum absolute atomic E-state index is 5.01. The normalized spacial score (nSPS) is 11.5. The van der Waals surface area contributed by atoms with Gasteiger partial charge in [0, 0.05) is 46.4 Å². The number of aromatic nitrogens is 4. The number of hydrogen-bond acceptors (Lipinski definition) is 2. The Morgan fingerprint density at radius 1 is 0.468 bits per heavy atom. The fourth-order valence-electron chi connectivity index (χ4n) is 6.92. The van der Waals surface area contributed by atoms with Crippen LogP contribution in [0.5, 0.6) is 0 Å². The van der Waals surface area contributed by atoms with Crippen molar-refractivity contribution in [2.24, 2.45) is 7.05 Å². The van der Waals surface area contributed by atoms with E-state index in [0.717, 1.165) is 56.0 Å². The number of rotatable bonds is 5. The predicted octanol–water partition coefficient (Wildman–Crippen LogP) is 10.7. The first-order chi connectivity index (χ1) is 23.2. The van der Waals surface area contributed by atoms with Crippen LogP contribution >= 0.6 is 0 Å². The highest BCUT2D eigenvalue weighted by Gasteiger charge is 2.17. The van der Waals surface area contributed by atoms with Crippen molar-refractivity contribution in [3.8, 4) is 50.6 Å². The van der Waals surface area contributed by atoms with Crippen molar-refractivity contribution in [3.63, 3.8) is 0 Å². The van der Waals surface area contributed by atoms with Crippen LogP contribution in [0, 0.1) is 0 Å². The summed E-state index contributed by atoms with van der Waals surface area (Å²) in [5.74, 6) is 0.954. The van der Waals surface area contributed by atoms with Crippen LogP contribution in [0.25, 0.3) is 83.4 Å². The second-order valence-electron chi connectivity index (χ2n) is 12.0. The molecule has 222 valence electrons. The molecule has 0 spiro atoms. The van der Waals surface area contributed by atoms with E-state index >= 15 is 0 Å². The molecule has 0 N–H and O–H groups in total. The van der Waals surface area contributed by atoms with E-state index in [-0.39, 0.29) is 0 Å². The zero-order valence-electron chi connectivity index (χ0n) is 25.9. The SMILES string of the molecule is Cn1c(-c2ccc3c4ccccc4n(-c4cccc(-c5ncccc5-c5ccc(-c6ccccc6)cc5)c4)c3c2)nc2ccccc21. The van der Waals surface area contributed by atoms with Crippen molar-refractivity contribution < 1.29 is 0 Å². The van der Waals surface area contributed by atoms with Crippen molar-refractivity contribution >= 4 is 32.8 Å². The lowest BCUT2D eigenvalue weighted by atomic mass is 9.97. The zero-order chi connectivity index (χ0) is 31.3. The lowest BCUT2D eigenvalue weighted by Gasteiger charge is -2.13. The molecule has 0 saturated carbocycles. The van der Waals surface area contributed by atoms with E-state index in [2.05, 4.69) is 156 Å². The number of benzene rings is 6. The summed E-state index contributed by atoms with van der Waals surface area (Å²) < 4.78 is 4.55. The van der Waals surface area contributed by atoms with E-state index in [1.165, 1.54) is 27.4 Å². The number of imidazole rings is 1. The third-order valence-electron chi connectivity index (χ3n) is 9.21. The fraction of sp³-hybridized carbons (Fsp3) is 0.0233. The average Bonchev–Trinajstić information content (AvgIpc) is 3.66. The molecule has 0 aliphatic heterocycles. The van der Waals surface area contributed by atoms with Crippen molar-refractivity contribution in [2.75, 3.05) is 0 Å². The predicted molar refractivity (Wildman–Crippen MR) is 195 cm³/mol. The molecule has 3 heterocycles. The first kappa shape index (κ1) is 27.1. The molecule has 0 fully saturated rings. The van der Waals surface area contributed by atoms with Gasteiger partial charge in [0.05, 0.1) is 27.8 Å². The Hall–Kier alpha value is -6.26. The standard InChI is InChI=1S/C43H30N4/c1-46-40-19-8-6-17-38(40)45-43(46)33-24-25-37-36-15-5-7-18-39(36)47(41(37)28-33)34-14-9-13-32(27-34)42-35(16-10-26-44-42)31-22-20-30(21-23-31)29-11-3-2-4-12-29/h2-28H,1H3. The van der Waals surface area contributed by atoms with Gasteiger partial charge in [-0.25, -0.2) is 4.98 Å². The van der Waals surface area contributed by atoms with Gasteiger partial charge in [-0.1, -0.05) is 115 Å². The van der Waals surface area contributed by atoms with E-state index < -0.39 is 0 Å². The molecule has 4 nitrogen and oxygen atoms in total. The highest BCUT2D eigenvalue weighted by Crippen LogP contribution is 2.37. The summed E-state index contributed by atoms with van der Waals surface area (Å²) in [6.45, 7) is 0. The number of para-hydroxylation sites is 3. The van der Waals surface area contributed by atoms with Crippen molar-refractivity contribution in [1.82, 2.24) is 19.1 Å². The molecule has 0 aliphatic carbocycles. The maximum Gasteiger partial charge on any atom is 0.140 e. The third-order valence-corrected chi connectivity index (χ3v) is 9.21. The highest BCUT2D eigenvalue weighted by molar-refractivity contribution is 6.10. The first-order valence-electron chi connectivity index (χ1n) is 15.9. The van der Waals surface area contributed by atoms with Crippen LogP contribution in [0.4, 0.5) is 0 Å². The molecule has 9 rings (SSSR count). The summed E-state index contributed by atoms with van der Waals surface area (Å²) in [6, 6.07) is 55.9. The number of aryl methyl sites for hydroxylation is 1. The number of fused-ring (bicyclic) bond motifs is 4. The molecule has 0 amide bonds. The lowest BCUT2D eigenvalue weighted by molar-refractivity contribution is 0.959.